The first-order valence-electron chi connectivity index (χ1n) is 8.01. The highest BCUT2D eigenvalue weighted by atomic mass is 16.4. The number of hydrogen-bond donors (Lipinski definition) is 3. The Bertz CT molecular complexity index is 505. The second kappa shape index (κ2) is 5.53. The SMILES string of the molecule is CC(C(=O)NC(=O)NC1CC1)N1C[C@@H]2CCC[C@@]2(C(=O)O)C1. The van der Waals surface area contributed by atoms with Crippen molar-refractivity contribution in [3.63, 3.8) is 0 Å². The van der Waals surface area contributed by atoms with Crippen molar-refractivity contribution in [3.05, 3.63) is 0 Å². The van der Waals surface area contributed by atoms with Crippen LogP contribution in [0.2, 0.25) is 0 Å². The molecule has 22 heavy (non-hydrogen) atoms. The summed E-state index contributed by atoms with van der Waals surface area (Å²) >= 11 is 0. The zero-order valence-corrected chi connectivity index (χ0v) is 12.8. The molecule has 1 heterocycles. The summed E-state index contributed by atoms with van der Waals surface area (Å²) in [6.07, 6.45) is 4.45. The van der Waals surface area contributed by atoms with E-state index in [1.807, 2.05) is 4.90 Å². The molecule has 1 saturated heterocycles. The van der Waals surface area contributed by atoms with E-state index in [2.05, 4.69) is 10.6 Å². The minimum atomic E-state index is -0.753. The Labute approximate surface area is 129 Å². The van der Waals surface area contributed by atoms with Gasteiger partial charge in [-0.1, -0.05) is 6.42 Å². The molecule has 0 radical (unpaired) electrons. The van der Waals surface area contributed by atoms with Gasteiger partial charge < -0.3 is 10.4 Å². The molecule has 2 aliphatic carbocycles. The van der Waals surface area contributed by atoms with Crippen molar-refractivity contribution in [2.75, 3.05) is 13.1 Å². The Morgan fingerprint density at radius 3 is 2.59 bits per heavy atom. The number of nitrogens with one attached hydrogen (secondary N) is 2. The fourth-order valence-corrected chi connectivity index (χ4v) is 3.80. The topological polar surface area (TPSA) is 98.7 Å². The van der Waals surface area contributed by atoms with Crippen LogP contribution in [-0.2, 0) is 9.59 Å². The molecule has 1 unspecified atom stereocenters. The van der Waals surface area contributed by atoms with Crippen molar-refractivity contribution in [2.24, 2.45) is 11.3 Å². The van der Waals surface area contributed by atoms with Gasteiger partial charge in [0.1, 0.15) is 0 Å². The fraction of sp³-hybridized carbons (Fsp3) is 0.800. The molecule has 7 nitrogen and oxygen atoms in total. The number of carbonyl (C=O) groups is 3. The number of amides is 3. The summed E-state index contributed by atoms with van der Waals surface area (Å²) in [5.74, 6) is -1.00. The summed E-state index contributed by atoms with van der Waals surface area (Å²) in [4.78, 5) is 37.4. The van der Waals surface area contributed by atoms with Gasteiger partial charge in [0.25, 0.3) is 0 Å². The van der Waals surface area contributed by atoms with E-state index in [9.17, 15) is 19.5 Å². The van der Waals surface area contributed by atoms with E-state index < -0.39 is 23.5 Å². The molecule has 3 N–H and O–H groups in total. The predicted octanol–water partition coefficient (Wildman–Crippen LogP) is 0.550. The molecule has 3 rings (SSSR count). The molecular weight excluding hydrogens is 286 g/mol. The average molecular weight is 309 g/mol. The largest absolute Gasteiger partial charge is 0.481 e. The molecule has 122 valence electrons. The lowest BCUT2D eigenvalue weighted by Gasteiger charge is -2.26. The summed E-state index contributed by atoms with van der Waals surface area (Å²) in [6.45, 7) is 2.74. The molecule has 2 saturated carbocycles. The monoisotopic (exact) mass is 309 g/mol. The first-order valence-corrected chi connectivity index (χ1v) is 8.01. The maximum Gasteiger partial charge on any atom is 0.321 e. The summed E-state index contributed by atoms with van der Waals surface area (Å²) in [5, 5.41) is 14.6. The molecule has 0 aromatic rings. The van der Waals surface area contributed by atoms with Crippen LogP contribution in [0.1, 0.15) is 39.0 Å². The smallest absolute Gasteiger partial charge is 0.321 e. The summed E-state index contributed by atoms with van der Waals surface area (Å²) in [5.41, 5.74) is -0.704. The van der Waals surface area contributed by atoms with Gasteiger partial charge in [-0.05, 0) is 38.5 Å². The van der Waals surface area contributed by atoms with Crippen LogP contribution in [0.25, 0.3) is 0 Å². The van der Waals surface area contributed by atoms with E-state index in [0.717, 1.165) is 25.7 Å². The zero-order valence-electron chi connectivity index (χ0n) is 12.8. The first kappa shape index (κ1) is 15.3. The Hall–Kier alpha value is -1.63. The molecule has 3 amide bonds. The van der Waals surface area contributed by atoms with E-state index in [1.165, 1.54) is 0 Å². The van der Waals surface area contributed by atoms with Crippen LogP contribution in [0, 0.1) is 11.3 Å². The standard InChI is InChI=1S/C15H23N3O4/c1-9(12(19)17-14(22)16-11-4-5-11)18-7-10-3-2-6-15(10,8-18)13(20)21/h9-11H,2-8H2,1H3,(H,20,21)(H2,16,17,19,22)/t9?,10-,15+/m0/s1. The average Bonchev–Trinajstić information content (AvgIpc) is 3.02. The minimum absolute atomic E-state index is 0.112. The van der Waals surface area contributed by atoms with Crippen LogP contribution in [0.5, 0.6) is 0 Å². The van der Waals surface area contributed by atoms with Gasteiger partial charge >= 0.3 is 12.0 Å². The molecule has 7 heteroatoms. The van der Waals surface area contributed by atoms with E-state index in [1.54, 1.807) is 6.92 Å². The van der Waals surface area contributed by atoms with Crippen molar-refractivity contribution in [1.29, 1.82) is 0 Å². The molecule has 1 aliphatic heterocycles. The van der Waals surface area contributed by atoms with Gasteiger partial charge in [0.15, 0.2) is 0 Å². The zero-order chi connectivity index (χ0) is 15.9. The van der Waals surface area contributed by atoms with Gasteiger partial charge in [-0.25, -0.2) is 4.79 Å². The third-order valence-electron chi connectivity index (χ3n) is 5.40. The Balaban J connectivity index is 1.58. The molecule has 3 aliphatic rings. The third-order valence-corrected chi connectivity index (χ3v) is 5.40. The number of nitrogens with zero attached hydrogens (tertiary/aromatic N) is 1. The van der Waals surface area contributed by atoms with E-state index in [4.69, 9.17) is 0 Å². The highest BCUT2D eigenvalue weighted by molar-refractivity contribution is 5.97. The minimum Gasteiger partial charge on any atom is -0.481 e. The van der Waals surface area contributed by atoms with Gasteiger partial charge in [0, 0.05) is 19.1 Å². The summed E-state index contributed by atoms with van der Waals surface area (Å²) < 4.78 is 0. The normalized spacial score (nSPS) is 32.3. The molecule has 0 aromatic carbocycles. The fourth-order valence-electron chi connectivity index (χ4n) is 3.80. The lowest BCUT2D eigenvalue weighted by molar-refractivity contribution is -0.149. The van der Waals surface area contributed by atoms with Gasteiger partial charge in [-0.15, -0.1) is 0 Å². The van der Waals surface area contributed by atoms with E-state index in [0.29, 0.717) is 19.5 Å². The Morgan fingerprint density at radius 2 is 2.00 bits per heavy atom. The maximum absolute atomic E-state index is 12.2. The van der Waals surface area contributed by atoms with Crippen LogP contribution < -0.4 is 10.6 Å². The number of rotatable bonds is 4. The van der Waals surface area contributed by atoms with Crippen molar-refractivity contribution in [3.8, 4) is 0 Å². The van der Waals surface area contributed by atoms with Crippen LogP contribution in [0.4, 0.5) is 4.79 Å². The van der Waals surface area contributed by atoms with Gasteiger partial charge in [-0.2, -0.15) is 0 Å². The summed E-state index contributed by atoms with van der Waals surface area (Å²) in [6, 6.07) is -0.747. The molecule has 3 atom stereocenters. The van der Waals surface area contributed by atoms with Crippen LogP contribution in [0.15, 0.2) is 0 Å². The van der Waals surface area contributed by atoms with Crippen LogP contribution in [0.3, 0.4) is 0 Å². The third kappa shape index (κ3) is 2.69. The Kier molecular flexibility index (Phi) is 3.84. The first-order chi connectivity index (χ1) is 10.4. The second-order valence-electron chi connectivity index (χ2n) is 6.89. The quantitative estimate of drug-likeness (QED) is 0.704. The number of carboxylic acid groups (broad SMARTS) is 1. The highest BCUT2D eigenvalue weighted by Crippen LogP contribution is 2.49. The lowest BCUT2D eigenvalue weighted by Crippen LogP contribution is -2.50. The number of fused-ring (bicyclic) bond motifs is 1. The van der Waals surface area contributed by atoms with Gasteiger partial charge in [-0.3, -0.25) is 19.8 Å². The number of carboxylic acids is 1. The number of aliphatic carboxylic acids is 1. The number of carbonyl (C=O) groups excluding carboxylic acids is 2. The van der Waals surface area contributed by atoms with Gasteiger partial charge in [0.2, 0.25) is 5.91 Å². The molecule has 0 aromatic heterocycles. The summed E-state index contributed by atoms with van der Waals surface area (Å²) in [7, 11) is 0. The van der Waals surface area contributed by atoms with Crippen molar-refractivity contribution in [2.45, 2.75) is 51.1 Å². The Morgan fingerprint density at radius 1 is 1.27 bits per heavy atom. The van der Waals surface area contributed by atoms with E-state index >= 15 is 0 Å². The second-order valence-corrected chi connectivity index (χ2v) is 6.89. The maximum atomic E-state index is 12.2. The van der Waals surface area contributed by atoms with Gasteiger partial charge in [0.05, 0.1) is 11.5 Å². The van der Waals surface area contributed by atoms with Crippen LogP contribution in [-0.4, -0.2) is 53.1 Å². The molecular formula is C15H23N3O4. The highest BCUT2D eigenvalue weighted by Gasteiger charge is 2.55. The molecule has 0 spiro atoms. The lowest BCUT2D eigenvalue weighted by atomic mass is 9.81. The number of likely N-dealkylation sites (tertiary alicyclic amines) is 1. The van der Waals surface area contributed by atoms with Crippen molar-refractivity contribution in [1.82, 2.24) is 15.5 Å². The van der Waals surface area contributed by atoms with Crippen molar-refractivity contribution >= 4 is 17.9 Å². The van der Waals surface area contributed by atoms with Crippen LogP contribution >= 0.6 is 0 Å². The molecule has 0 bridgehead atoms. The predicted molar refractivity (Wildman–Crippen MR) is 78.1 cm³/mol. The van der Waals surface area contributed by atoms with Crippen molar-refractivity contribution < 1.29 is 19.5 Å². The number of urea groups is 1. The number of hydrogen-bond acceptors (Lipinski definition) is 4. The molecule has 3 fully saturated rings. The number of imide groups is 1. The van der Waals surface area contributed by atoms with E-state index in [-0.39, 0.29) is 17.9 Å².